The van der Waals surface area contributed by atoms with E-state index in [0.29, 0.717) is 22.2 Å². The number of furan rings is 1. The Kier molecular flexibility index (Phi) is 5.94. The third-order valence-electron chi connectivity index (χ3n) is 3.24. The molecule has 2 rings (SSSR count). The lowest BCUT2D eigenvalue weighted by atomic mass is 10.2. The molecule has 144 valence electrons. The van der Waals surface area contributed by atoms with Crippen LogP contribution < -0.4 is 5.32 Å². The zero-order chi connectivity index (χ0) is 19.9. The van der Waals surface area contributed by atoms with Crippen LogP contribution >= 0.6 is 27.5 Å². The summed E-state index contributed by atoms with van der Waals surface area (Å²) in [5, 5.41) is 2.75. The largest absolute Gasteiger partial charge is 0.457 e. The Balaban J connectivity index is 2.31. The van der Waals surface area contributed by atoms with Crippen molar-refractivity contribution >= 4 is 54.6 Å². The summed E-state index contributed by atoms with van der Waals surface area (Å²) in [5.74, 6) is 0.447. The average molecular weight is 468 g/mol. The number of rotatable bonds is 4. The van der Waals surface area contributed by atoms with Crippen LogP contribution in [0.2, 0.25) is 5.15 Å². The molecule has 2 aromatic heterocycles. The minimum atomic E-state index is -3.55. The van der Waals surface area contributed by atoms with Crippen molar-refractivity contribution in [3.8, 4) is 0 Å². The molecule has 0 unspecified atom stereocenters. The molecule has 0 radical (unpaired) electrons. The van der Waals surface area contributed by atoms with E-state index in [9.17, 15) is 13.2 Å². The Morgan fingerprint density at radius 2 is 2.08 bits per heavy atom. The quantitative estimate of drug-likeness (QED) is 0.680. The van der Waals surface area contributed by atoms with Crippen molar-refractivity contribution in [2.24, 2.45) is 0 Å². The van der Waals surface area contributed by atoms with Gasteiger partial charge >= 0.3 is 6.09 Å². The SMILES string of the molecule is C[C@@H](Cc1oc2c(S(C)(=O)=O)cc(Cl)nc2c1Br)NC(=O)OC(C)(C)C. The fourth-order valence-electron chi connectivity index (χ4n) is 2.27. The van der Waals surface area contributed by atoms with Crippen molar-refractivity contribution in [1.29, 1.82) is 0 Å². The van der Waals surface area contributed by atoms with Crippen molar-refractivity contribution in [2.45, 2.75) is 50.7 Å². The van der Waals surface area contributed by atoms with Gasteiger partial charge in [0.15, 0.2) is 15.4 Å². The van der Waals surface area contributed by atoms with Gasteiger partial charge in [-0.25, -0.2) is 18.2 Å². The number of carbonyl (C=O) groups is 1. The molecule has 0 aliphatic rings. The number of pyridine rings is 1. The maximum absolute atomic E-state index is 12.0. The van der Waals surface area contributed by atoms with Crippen LogP contribution in [0.25, 0.3) is 11.1 Å². The lowest BCUT2D eigenvalue weighted by Crippen LogP contribution is -2.38. The van der Waals surface area contributed by atoms with Crippen molar-refractivity contribution in [2.75, 3.05) is 6.26 Å². The summed E-state index contributed by atoms with van der Waals surface area (Å²) < 4.78 is 35.4. The van der Waals surface area contributed by atoms with E-state index in [1.165, 1.54) is 6.07 Å². The molecule has 0 fully saturated rings. The number of nitrogens with zero attached hydrogens (tertiary/aromatic N) is 1. The number of hydrogen-bond acceptors (Lipinski definition) is 6. The third kappa shape index (κ3) is 5.11. The number of hydrogen-bond donors (Lipinski definition) is 1. The highest BCUT2D eigenvalue weighted by molar-refractivity contribution is 9.10. The number of fused-ring (bicyclic) bond motifs is 1. The van der Waals surface area contributed by atoms with Crippen molar-refractivity contribution in [3.63, 3.8) is 0 Å². The average Bonchev–Trinajstić information content (AvgIpc) is 2.71. The van der Waals surface area contributed by atoms with Crippen molar-refractivity contribution in [3.05, 3.63) is 21.5 Å². The molecule has 0 saturated heterocycles. The molecule has 1 amide bonds. The van der Waals surface area contributed by atoms with Gasteiger partial charge in [0.05, 0.1) is 4.47 Å². The van der Waals surface area contributed by atoms with Gasteiger partial charge in [-0.3, -0.25) is 0 Å². The highest BCUT2D eigenvalue weighted by Crippen LogP contribution is 2.35. The summed E-state index contributed by atoms with van der Waals surface area (Å²) in [7, 11) is -3.55. The number of ether oxygens (including phenoxy) is 1. The number of alkyl carbamates (subject to hydrolysis) is 1. The molecule has 10 heteroatoms. The van der Waals surface area contributed by atoms with Crippen LogP contribution in [0.15, 0.2) is 19.9 Å². The maximum atomic E-state index is 12.0. The van der Waals surface area contributed by atoms with Crippen LogP contribution in [-0.4, -0.2) is 37.4 Å². The Hall–Kier alpha value is -1.32. The second kappa shape index (κ2) is 7.36. The minimum Gasteiger partial charge on any atom is -0.457 e. The molecule has 0 aliphatic carbocycles. The van der Waals surface area contributed by atoms with Gasteiger partial charge in [-0.1, -0.05) is 11.6 Å². The molecule has 1 atom stereocenters. The Morgan fingerprint density at radius 3 is 2.62 bits per heavy atom. The summed E-state index contributed by atoms with van der Waals surface area (Å²) in [5.41, 5.74) is -0.157. The van der Waals surface area contributed by atoms with Gasteiger partial charge in [-0.15, -0.1) is 0 Å². The van der Waals surface area contributed by atoms with Crippen LogP contribution in [0.1, 0.15) is 33.5 Å². The number of sulfone groups is 1. The first-order chi connectivity index (χ1) is 11.8. The number of amides is 1. The molecule has 0 saturated carbocycles. The van der Waals surface area contributed by atoms with E-state index in [-0.39, 0.29) is 21.7 Å². The number of halogens is 2. The van der Waals surface area contributed by atoms with Gasteiger partial charge in [-0.2, -0.15) is 0 Å². The standard InChI is InChI=1S/C16H20BrClN2O5S/c1-8(19-15(21)25-16(2,3)4)6-9-12(17)13-14(24-9)10(26(5,22)23)7-11(18)20-13/h7-8H,6H2,1-5H3,(H,19,21)/t8-/m0/s1. The first-order valence-corrected chi connectivity index (χ1v) is 10.8. The fourth-order valence-corrected chi connectivity index (χ4v) is 3.84. The Labute approximate surface area is 165 Å². The van der Waals surface area contributed by atoms with Crippen molar-refractivity contribution < 1.29 is 22.4 Å². The molecular formula is C16H20BrClN2O5S. The number of nitrogens with one attached hydrogen (secondary N) is 1. The molecule has 0 bridgehead atoms. The Bertz CT molecular complexity index is 950. The zero-order valence-electron chi connectivity index (χ0n) is 15.0. The maximum Gasteiger partial charge on any atom is 0.407 e. The molecule has 26 heavy (non-hydrogen) atoms. The summed E-state index contributed by atoms with van der Waals surface area (Å²) in [6, 6.07) is 0.931. The lowest BCUT2D eigenvalue weighted by molar-refractivity contribution is 0.0507. The van der Waals surface area contributed by atoms with E-state index < -0.39 is 21.5 Å². The number of carbonyl (C=O) groups excluding carboxylic acids is 1. The molecule has 7 nitrogen and oxygen atoms in total. The van der Waals surface area contributed by atoms with Crippen LogP contribution in [0.4, 0.5) is 4.79 Å². The molecule has 2 heterocycles. The topological polar surface area (TPSA) is 98.5 Å². The predicted molar refractivity (Wildman–Crippen MR) is 102 cm³/mol. The van der Waals surface area contributed by atoms with E-state index in [4.69, 9.17) is 20.8 Å². The molecular weight excluding hydrogens is 448 g/mol. The summed E-state index contributed by atoms with van der Waals surface area (Å²) >= 11 is 9.31. The number of aromatic nitrogens is 1. The van der Waals surface area contributed by atoms with Crippen molar-refractivity contribution in [1.82, 2.24) is 10.3 Å². The summed E-state index contributed by atoms with van der Waals surface area (Å²) in [6.07, 6.45) is 0.827. The normalized spacial score (nSPS) is 13.7. The summed E-state index contributed by atoms with van der Waals surface area (Å²) in [4.78, 5) is 16.0. The highest BCUT2D eigenvalue weighted by atomic mass is 79.9. The smallest absolute Gasteiger partial charge is 0.407 e. The second-order valence-corrected chi connectivity index (χ2v) is 10.1. The van der Waals surface area contributed by atoms with Crippen LogP contribution in [-0.2, 0) is 21.0 Å². The molecule has 0 spiro atoms. The van der Waals surface area contributed by atoms with Crippen LogP contribution in [0, 0.1) is 0 Å². The summed E-state index contributed by atoms with van der Waals surface area (Å²) in [6.45, 7) is 7.10. The minimum absolute atomic E-state index is 0.0350. The van der Waals surface area contributed by atoms with Gasteiger partial charge in [-0.05, 0) is 49.7 Å². The van der Waals surface area contributed by atoms with Gasteiger partial charge in [0.2, 0.25) is 0 Å². The van der Waals surface area contributed by atoms with E-state index >= 15 is 0 Å². The first-order valence-electron chi connectivity index (χ1n) is 7.75. The van der Waals surface area contributed by atoms with Gasteiger partial charge in [0.25, 0.3) is 0 Å². The molecule has 2 aromatic rings. The monoisotopic (exact) mass is 466 g/mol. The third-order valence-corrected chi connectivity index (χ3v) is 5.35. The highest BCUT2D eigenvalue weighted by Gasteiger charge is 2.24. The molecule has 0 aromatic carbocycles. The zero-order valence-corrected chi connectivity index (χ0v) is 18.2. The van der Waals surface area contributed by atoms with E-state index in [0.717, 1.165) is 6.26 Å². The van der Waals surface area contributed by atoms with Gasteiger partial charge in [0.1, 0.15) is 26.9 Å². The first kappa shape index (κ1) is 21.0. The van der Waals surface area contributed by atoms with E-state index in [2.05, 4.69) is 26.2 Å². The van der Waals surface area contributed by atoms with E-state index in [1.807, 2.05) is 0 Å². The molecule has 1 N–H and O–H groups in total. The van der Waals surface area contributed by atoms with Crippen LogP contribution in [0.5, 0.6) is 0 Å². The van der Waals surface area contributed by atoms with Gasteiger partial charge < -0.3 is 14.5 Å². The second-order valence-electron chi connectivity index (χ2n) is 6.98. The van der Waals surface area contributed by atoms with Crippen LogP contribution in [0.3, 0.4) is 0 Å². The predicted octanol–water partition coefficient (Wildman–Crippen LogP) is 4.10. The van der Waals surface area contributed by atoms with Gasteiger partial charge in [0, 0.05) is 18.7 Å². The van der Waals surface area contributed by atoms with E-state index in [1.54, 1.807) is 27.7 Å². The Morgan fingerprint density at radius 1 is 1.46 bits per heavy atom. The fraction of sp³-hybridized carbons (Fsp3) is 0.500. The molecule has 0 aliphatic heterocycles. The lowest BCUT2D eigenvalue weighted by Gasteiger charge is -2.21.